The van der Waals surface area contributed by atoms with Crippen molar-refractivity contribution in [2.45, 2.75) is 123 Å². The van der Waals surface area contributed by atoms with Gasteiger partial charge in [-0.15, -0.1) is 0 Å². The Morgan fingerprint density at radius 1 is 0.745 bits per heavy atom. The van der Waals surface area contributed by atoms with Crippen LogP contribution in [0.15, 0.2) is 0 Å². The van der Waals surface area contributed by atoms with Crippen LogP contribution in [0.1, 0.15) is 111 Å². The van der Waals surface area contributed by atoms with E-state index in [0.29, 0.717) is 54.4 Å². The molecule has 0 aliphatic heterocycles. The fraction of sp³-hybridized carbons (Fsp3) is 0.850. The summed E-state index contributed by atoms with van der Waals surface area (Å²) in [6.07, 6.45) is 12.3. The van der Waals surface area contributed by atoms with Crippen LogP contribution < -0.4 is 5.32 Å². The molecular weight excluding hydrogens is 714 g/mol. The summed E-state index contributed by atoms with van der Waals surface area (Å²) < 4.78 is 6.16. The van der Waals surface area contributed by atoms with E-state index in [-0.39, 0.29) is 50.0 Å². The molecule has 0 aromatic heterocycles. The van der Waals surface area contributed by atoms with E-state index in [9.17, 15) is 44.1 Å². The van der Waals surface area contributed by atoms with E-state index < -0.39 is 55.5 Å². The van der Waals surface area contributed by atoms with Crippen LogP contribution in [0.4, 0.5) is 0 Å². The lowest BCUT2D eigenvalue weighted by Crippen LogP contribution is -2.54. The fourth-order valence-corrected chi connectivity index (χ4v) is 11.7. The summed E-state index contributed by atoms with van der Waals surface area (Å²) in [5, 5.41) is 49.5. The maximum Gasteiger partial charge on any atom is 0.320 e. The summed E-state index contributed by atoms with van der Waals surface area (Å²) in [5.74, 6) is -2.24. The highest BCUT2D eigenvalue weighted by Gasteiger charge is 2.60. The molecule has 4 rings (SSSR count). The molecule has 0 saturated heterocycles. The molecule has 1 amide bonds. The normalized spacial score (nSPS) is 31.1. The van der Waals surface area contributed by atoms with Crippen LogP contribution in [0.5, 0.6) is 0 Å². The molecule has 0 radical (unpaired) electrons. The zero-order chi connectivity index (χ0) is 40.5. The van der Waals surface area contributed by atoms with Gasteiger partial charge in [-0.2, -0.15) is 0 Å². The largest absolute Gasteiger partial charge is 0.481 e. The molecule has 4 fully saturated rings. The molecule has 4 aliphatic carbocycles. The number of carbonyl (C=O) groups is 6. The topological polar surface area (TPSA) is 231 Å². The maximum atomic E-state index is 12.7. The van der Waals surface area contributed by atoms with E-state index >= 15 is 0 Å². The monoisotopic (exact) mass is 779 g/mol. The van der Waals surface area contributed by atoms with E-state index in [4.69, 9.17) is 14.9 Å². The van der Waals surface area contributed by atoms with Gasteiger partial charge in [-0.25, -0.2) is 0 Å². The minimum absolute atomic E-state index is 0.0265. The molecule has 0 heterocycles. The average Bonchev–Trinajstić information content (AvgIpc) is 3.46. The minimum Gasteiger partial charge on any atom is -0.481 e. The number of nitrogens with one attached hydrogen (secondary N) is 1. The van der Waals surface area contributed by atoms with Crippen molar-refractivity contribution < 1.29 is 59.0 Å². The third-order valence-corrected chi connectivity index (χ3v) is 14.4. The number of carboxylic acid groups (broad SMARTS) is 5. The summed E-state index contributed by atoms with van der Waals surface area (Å²) >= 11 is 0. The maximum absolute atomic E-state index is 12.7. The first-order valence-corrected chi connectivity index (χ1v) is 20.4. The van der Waals surface area contributed by atoms with Gasteiger partial charge in [-0.1, -0.05) is 20.8 Å². The molecule has 4 unspecified atom stereocenters. The van der Waals surface area contributed by atoms with Gasteiger partial charge in [0.2, 0.25) is 5.91 Å². The predicted octanol–water partition coefficient (Wildman–Crippen LogP) is 4.13. The molecular formula is C40H65N3O12. The molecule has 312 valence electrons. The first-order valence-electron chi connectivity index (χ1n) is 20.4. The highest BCUT2D eigenvalue weighted by Crippen LogP contribution is 2.68. The second-order valence-electron chi connectivity index (χ2n) is 17.6. The Kier molecular flexibility index (Phi) is 15.9. The van der Waals surface area contributed by atoms with Crippen LogP contribution in [0.2, 0.25) is 0 Å². The zero-order valence-electron chi connectivity index (χ0n) is 33.0. The SMILES string of the molecule is CC(CCC(=O)O)[C@H]1CCC2C3CC[C@@H]4C[C@H](OCC(=O)NCCCC[C@@H](C(=O)O)N(CCN(CC(=O)O)CC(=O)O)CC(=O)O)CC[C@]4(C)C3CC[C@@]21C. The first kappa shape index (κ1) is 44.4. The molecule has 4 aliphatic rings. The molecule has 10 atom stereocenters. The quantitative estimate of drug-likeness (QED) is 0.0802. The van der Waals surface area contributed by atoms with Crippen LogP contribution in [-0.4, -0.2) is 129 Å². The van der Waals surface area contributed by atoms with E-state index in [2.05, 4.69) is 26.1 Å². The summed E-state index contributed by atoms with van der Waals surface area (Å²) in [6, 6.07) is -1.19. The third-order valence-electron chi connectivity index (χ3n) is 14.4. The van der Waals surface area contributed by atoms with Crippen LogP contribution in [0.25, 0.3) is 0 Å². The summed E-state index contributed by atoms with van der Waals surface area (Å²) in [5.41, 5.74) is 0.565. The van der Waals surface area contributed by atoms with E-state index in [1.54, 1.807) is 0 Å². The lowest BCUT2D eigenvalue weighted by atomic mass is 9.44. The standard InChI is InChI=1S/C40H65N3O12/c1-25(7-12-34(45)46)29-10-11-30-28-9-8-26-20-27(13-15-39(26,2)31(28)14-16-40(29,30)3)55-24-33(44)41-17-5-4-6-32(38(53)54)43(23-37(51)52)19-18-42(21-35(47)48)22-36(49)50/h25-32H,4-24H2,1-3H3,(H,41,44)(H,45,46)(H,47,48)(H,49,50)(H,51,52)(H,53,54)/t25?,26-,27-,28?,29-,30?,31?,32+,39+,40-/m1/s1. The van der Waals surface area contributed by atoms with Gasteiger partial charge in [0.05, 0.1) is 25.7 Å². The Hall–Kier alpha value is -3.30. The Morgan fingerprint density at radius 3 is 2.04 bits per heavy atom. The average molecular weight is 780 g/mol. The summed E-state index contributed by atoms with van der Waals surface area (Å²) in [4.78, 5) is 72.1. The van der Waals surface area contributed by atoms with Crippen molar-refractivity contribution in [1.29, 1.82) is 0 Å². The van der Waals surface area contributed by atoms with E-state index in [0.717, 1.165) is 36.5 Å². The van der Waals surface area contributed by atoms with Gasteiger partial charge in [0.15, 0.2) is 0 Å². The van der Waals surface area contributed by atoms with Gasteiger partial charge in [-0.3, -0.25) is 38.6 Å². The number of carbonyl (C=O) groups excluding carboxylic acids is 1. The van der Waals surface area contributed by atoms with Crippen LogP contribution in [0.3, 0.4) is 0 Å². The van der Waals surface area contributed by atoms with Crippen molar-refractivity contribution in [3.05, 3.63) is 0 Å². The van der Waals surface area contributed by atoms with E-state index in [1.165, 1.54) is 43.4 Å². The number of nitrogens with zero attached hydrogens (tertiary/aromatic N) is 2. The molecule has 15 heteroatoms. The second-order valence-corrected chi connectivity index (χ2v) is 17.6. The van der Waals surface area contributed by atoms with Gasteiger partial charge in [0.1, 0.15) is 12.6 Å². The Balaban J connectivity index is 1.19. The van der Waals surface area contributed by atoms with Crippen molar-refractivity contribution in [3.63, 3.8) is 0 Å². The highest BCUT2D eigenvalue weighted by atomic mass is 16.5. The lowest BCUT2D eigenvalue weighted by Gasteiger charge is -2.61. The number of fused-ring (bicyclic) bond motifs is 5. The molecule has 4 saturated carbocycles. The van der Waals surface area contributed by atoms with Crippen molar-refractivity contribution in [2.24, 2.45) is 46.3 Å². The van der Waals surface area contributed by atoms with Crippen molar-refractivity contribution in [1.82, 2.24) is 15.1 Å². The number of aliphatic carboxylic acids is 5. The minimum atomic E-state index is -1.27. The number of carboxylic acids is 5. The van der Waals surface area contributed by atoms with Crippen LogP contribution in [0, 0.1) is 46.3 Å². The predicted molar refractivity (Wildman–Crippen MR) is 200 cm³/mol. The third kappa shape index (κ3) is 11.6. The number of hydrogen-bond acceptors (Lipinski definition) is 9. The Bertz CT molecular complexity index is 1360. The van der Waals surface area contributed by atoms with Gasteiger partial charge in [0, 0.05) is 26.1 Å². The van der Waals surface area contributed by atoms with Gasteiger partial charge in [-0.05, 0) is 130 Å². The first-order chi connectivity index (χ1) is 25.9. The molecule has 0 aromatic carbocycles. The summed E-state index contributed by atoms with van der Waals surface area (Å²) in [7, 11) is 0. The smallest absolute Gasteiger partial charge is 0.320 e. The zero-order valence-corrected chi connectivity index (χ0v) is 33.0. The van der Waals surface area contributed by atoms with Crippen molar-refractivity contribution >= 4 is 35.8 Å². The molecule has 0 spiro atoms. The summed E-state index contributed by atoms with van der Waals surface area (Å²) in [6.45, 7) is 5.44. The van der Waals surface area contributed by atoms with Gasteiger partial charge >= 0.3 is 29.8 Å². The van der Waals surface area contributed by atoms with Gasteiger partial charge in [0.25, 0.3) is 0 Å². The molecule has 6 N–H and O–H groups in total. The van der Waals surface area contributed by atoms with E-state index in [1.807, 2.05) is 0 Å². The van der Waals surface area contributed by atoms with Crippen molar-refractivity contribution in [3.8, 4) is 0 Å². The number of unbranched alkanes of at least 4 members (excludes halogenated alkanes) is 1. The molecule has 0 aromatic rings. The number of rotatable bonds is 23. The molecule has 55 heavy (non-hydrogen) atoms. The molecule has 0 bridgehead atoms. The lowest BCUT2D eigenvalue weighted by molar-refractivity contribution is -0.148. The van der Waals surface area contributed by atoms with Crippen LogP contribution in [-0.2, 0) is 33.5 Å². The Labute approximate surface area is 324 Å². The fourth-order valence-electron chi connectivity index (χ4n) is 11.7. The Morgan fingerprint density at radius 2 is 1.40 bits per heavy atom. The van der Waals surface area contributed by atoms with Gasteiger partial charge < -0.3 is 35.6 Å². The highest BCUT2D eigenvalue weighted by molar-refractivity contribution is 5.77. The number of ether oxygens (including phenoxy) is 1. The molecule has 15 nitrogen and oxygen atoms in total. The second kappa shape index (κ2) is 19.7. The van der Waals surface area contributed by atoms with Crippen LogP contribution >= 0.6 is 0 Å². The number of amides is 1. The van der Waals surface area contributed by atoms with Crippen molar-refractivity contribution in [2.75, 3.05) is 45.9 Å². The number of hydrogen-bond donors (Lipinski definition) is 6.